The van der Waals surface area contributed by atoms with Crippen LogP contribution in [0.3, 0.4) is 0 Å². The monoisotopic (exact) mass is 212 g/mol. The number of rotatable bonds is 2. The Bertz CT molecular complexity index is 251. The van der Waals surface area contributed by atoms with Gasteiger partial charge >= 0.3 is 0 Å². The highest BCUT2D eigenvalue weighted by molar-refractivity contribution is 5.78. The maximum absolute atomic E-state index is 11.8. The molecular weight excluding hydrogens is 192 g/mol. The van der Waals surface area contributed by atoms with Crippen molar-refractivity contribution in [2.24, 2.45) is 0 Å². The van der Waals surface area contributed by atoms with Gasteiger partial charge in [-0.15, -0.1) is 0 Å². The van der Waals surface area contributed by atoms with E-state index in [9.17, 15) is 4.79 Å². The lowest BCUT2D eigenvalue weighted by Gasteiger charge is -2.32. The maximum atomic E-state index is 11.8. The van der Waals surface area contributed by atoms with E-state index in [4.69, 9.17) is 4.84 Å². The highest BCUT2D eigenvalue weighted by Gasteiger charge is 2.42. The van der Waals surface area contributed by atoms with E-state index in [-0.39, 0.29) is 17.6 Å². The molecule has 0 radical (unpaired) electrons. The molecule has 0 aromatic rings. The van der Waals surface area contributed by atoms with Crippen molar-refractivity contribution in [3.05, 3.63) is 0 Å². The summed E-state index contributed by atoms with van der Waals surface area (Å²) in [5.74, 6) is 0.159. The number of hydrogen-bond acceptors (Lipinski definition) is 3. The van der Waals surface area contributed by atoms with E-state index in [2.05, 4.69) is 12.2 Å². The fraction of sp³-hybridized carbons (Fsp3) is 0.909. The first-order valence-corrected chi connectivity index (χ1v) is 5.86. The Morgan fingerprint density at radius 1 is 1.53 bits per heavy atom. The van der Waals surface area contributed by atoms with Gasteiger partial charge in [-0.3, -0.25) is 9.63 Å². The molecule has 1 atom stereocenters. The second-order valence-corrected chi connectivity index (χ2v) is 4.77. The topological polar surface area (TPSA) is 41.6 Å². The molecule has 1 N–H and O–H groups in total. The van der Waals surface area contributed by atoms with Gasteiger partial charge in [0.25, 0.3) is 0 Å². The van der Waals surface area contributed by atoms with Gasteiger partial charge in [0.05, 0.1) is 12.5 Å². The Morgan fingerprint density at radius 2 is 2.20 bits per heavy atom. The lowest BCUT2D eigenvalue weighted by molar-refractivity contribution is -0.215. The summed E-state index contributed by atoms with van der Waals surface area (Å²) in [6.45, 7) is 6.06. The van der Waals surface area contributed by atoms with Gasteiger partial charge in [-0.2, -0.15) is 0 Å². The number of piperidine rings is 1. The van der Waals surface area contributed by atoms with Gasteiger partial charge in [-0.25, -0.2) is 5.06 Å². The minimum atomic E-state index is -0.262. The Kier molecular flexibility index (Phi) is 2.98. The molecule has 4 heteroatoms. The highest BCUT2D eigenvalue weighted by atomic mass is 16.7. The third-order valence-corrected chi connectivity index (χ3v) is 3.48. The molecule has 15 heavy (non-hydrogen) atoms. The number of nitrogens with zero attached hydrogens (tertiary/aromatic N) is 1. The van der Waals surface area contributed by atoms with Crippen LogP contribution in [-0.2, 0) is 9.63 Å². The number of carbonyl (C=O) groups excluding carboxylic acids is 1. The van der Waals surface area contributed by atoms with Crippen LogP contribution in [0, 0.1) is 0 Å². The minimum absolute atomic E-state index is 0.159. The zero-order chi connectivity index (χ0) is 10.9. The summed E-state index contributed by atoms with van der Waals surface area (Å²) in [5, 5.41) is 4.94. The molecule has 2 aliphatic heterocycles. The summed E-state index contributed by atoms with van der Waals surface area (Å²) < 4.78 is 0. The van der Waals surface area contributed by atoms with Crippen LogP contribution in [0.2, 0.25) is 0 Å². The third kappa shape index (κ3) is 2.16. The quantitative estimate of drug-likeness (QED) is 0.744. The lowest BCUT2D eigenvalue weighted by atomic mass is 10.00. The predicted molar refractivity (Wildman–Crippen MR) is 57.1 cm³/mol. The normalized spacial score (nSPS) is 33.7. The molecule has 2 saturated heterocycles. The molecule has 86 valence electrons. The Labute approximate surface area is 90.9 Å². The van der Waals surface area contributed by atoms with E-state index in [1.807, 2.05) is 6.92 Å². The predicted octanol–water partition coefficient (Wildman–Crippen LogP) is 1.07. The van der Waals surface area contributed by atoms with E-state index in [0.717, 1.165) is 32.4 Å². The van der Waals surface area contributed by atoms with Gasteiger partial charge in [0, 0.05) is 0 Å². The Hall–Kier alpha value is -0.610. The van der Waals surface area contributed by atoms with Crippen molar-refractivity contribution in [3.8, 4) is 0 Å². The lowest BCUT2D eigenvalue weighted by Crippen LogP contribution is -2.43. The molecule has 2 aliphatic rings. The highest BCUT2D eigenvalue weighted by Crippen LogP contribution is 2.32. The minimum Gasteiger partial charge on any atom is -0.317 e. The molecule has 1 unspecified atom stereocenters. The van der Waals surface area contributed by atoms with E-state index < -0.39 is 0 Å². The van der Waals surface area contributed by atoms with Gasteiger partial charge < -0.3 is 5.32 Å². The first-order valence-electron chi connectivity index (χ1n) is 5.86. The summed E-state index contributed by atoms with van der Waals surface area (Å²) in [7, 11) is 0. The molecule has 4 nitrogen and oxygen atoms in total. The molecule has 0 aromatic heterocycles. The molecule has 1 amide bonds. The van der Waals surface area contributed by atoms with Crippen molar-refractivity contribution in [2.45, 2.75) is 51.2 Å². The average molecular weight is 212 g/mol. The molecule has 0 aromatic carbocycles. The van der Waals surface area contributed by atoms with Crippen LogP contribution in [-0.4, -0.2) is 35.7 Å². The largest absolute Gasteiger partial charge is 0.317 e. The SMILES string of the molecule is CCC1(C)CC(=O)N(C2CCNCC2)O1. The van der Waals surface area contributed by atoms with E-state index >= 15 is 0 Å². The van der Waals surface area contributed by atoms with E-state index in [0.29, 0.717) is 6.42 Å². The van der Waals surface area contributed by atoms with Crippen LogP contribution < -0.4 is 5.32 Å². The average Bonchev–Trinajstić information content (AvgIpc) is 2.57. The first-order chi connectivity index (χ1) is 7.14. The summed E-state index contributed by atoms with van der Waals surface area (Å²) in [4.78, 5) is 17.6. The zero-order valence-corrected chi connectivity index (χ0v) is 9.58. The second-order valence-electron chi connectivity index (χ2n) is 4.77. The molecular formula is C11H20N2O2. The molecule has 0 bridgehead atoms. The van der Waals surface area contributed by atoms with Crippen molar-refractivity contribution in [3.63, 3.8) is 0 Å². The number of nitrogens with one attached hydrogen (secondary N) is 1. The van der Waals surface area contributed by atoms with Crippen molar-refractivity contribution < 1.29 is 9.63 Å². The molecule has 2 rings (SSSR count). The van der Waals surface area contributed by atoms with Crippen LogP contribution in [0.5, 0.6) is 0 Å². The van der Waals surface area contributed by atoms with Gasteiger partial charge in [0.2, 0.25) is 5.91 Å². The smallest absolute Gasteiger partial charge is 0.249 e. The second kappa shape index (κ2) is 4.10. The Balaban J connectivity index is 2.01. The summed E-state index contributed by atoms with van der Waals surface area (Å²) in [6, 6.07) is 0.284. The van der Waals surface area contributed by atoms with Crippen LogP contribution in [0.1, 0.15) is 39.5 Å². The molecule has 0 saturated carbocycles. The standard InChI is InChI=1S/C11H20N2O2/c1-3-11(2)8-10(14)13(15-11)9-4-6-12-7-5-9/h9,12H,3-8H2,1-2H3. The Morgan fingerprint density at radius 3 is 2.73 bits per heavy atom. The van der Waals surface area contributed by atoms with Gasteiger partial charge in [0.15, 0.2) is 0 Å². The molecule has 0 aliphatic carbocycles. The maximum Gasteiger partial charge on any atom is 0.249 e. The molecule has 2 fully saturated rings. The number of amides is 1. The number of hydroxylamine groups is 2. The first kappa shape index (κ1) is 10.9. The van der Waals surface area contributed by atoms with Gasteiger partial charge in [-0.1, -0.05) is 6.92 Å². The zero-order valence-electron chi connectivity index (χ0n) is 9.58. The molecule has 0 spiro atoms. The van der Waals surface area contributed by atoms with Crippen LogP contribution in [0.15, 0.2) is 0 Å². The fourth-order valence-corrected chi connectivity index (χ4v) is 2.23. The number of carbonyl (C=O) groups is 1. The van der Waals surface area contributed by atoms with E-state index in [1.54, 1.807) is 5.06 Å². The van der Waals surface area contributed by atoms with Crippen LogP contribution in [0.4, 0.5) is 0 Å². The van der Waals surface area contributed by atoms with Gasteiger partial charge in [0.1, 0.15) is 5.60 Å². The van der Waals surface area contributed by atoms with Crippen molar-refractivity contribution in [2.75, 3.05) is 13.1 Å². The van der Waals surface area contributed by atoms with Crippen molar-refractivity contribution in [1.82, 2.24) is 10.4 Å². The summed E-state index contributed by atoms with van der Waals surface area (Å²) in [6.07, 6.45) is 3.44. The fourth-order valence-electron chi connectivity index (χ4n) is 2.23. The van der Waals surface area contributed by atoms with Crippen LogP contribution in [0.25, 0.3) is 0 Å². The molecule has 2 heterocycles. The number of hydrogen-bond donors (Lipinski definition) is 1. The van der Waals surface area contributed by atoms with Crippen molar-refractivity contribution >= 4 is 5.91 Å². The van der Waals surface area contributed by atoms with Gasteiger partial charge in [-0.05, 0) is 39.3 Å². The van der Waals surface area contributed by atoms with E-state index in [1.165, 1.54) is 0 Å². The van der Waals surface area contributed by atoms with Crippen molar-refractivity contribution in [1.29, 1.82) is 0 Å². The van der Waals surface area contributed by atoms with Crippen LogP contribution >= 0.6 is 0 Å². The summed E-state index contributed by atoms with van der Waals surface area (Å²) >= 11 is 0. The third-order valence-electron chi connectivity index (χ3n) is 3.48. The summed E-state index contributed by atoms with van der Waals surface area (Å²) in [5.41, 5.74) is -0.262.